The number of carbonyl (C=O) groups excluding carboxylic acids is 1. The summed E-state index contributed by atoms with van der Waals surface area (Å²) in [6.07, 6.45) is 0.625. The summed E-state index contributed by atoms with van der Waals surface area (Å²) in [5.41, 5.74) is 0. The molecule has 0 aromatic heterocycles. The molecule has 0 fully saturated rings. The second-order valence-electron chi connectivity index (χ2n) is 0.407. The van der Waals surface area contributed by atoms with E-state index >= 15 is 0 Å². The summed E-state index contributed by atoms with van der Waals surface area (Å²) in [6, 6.07) is 0. The molecule has 0 spiro atoms. The molecule has 0 aliphatic rings. The van der Waals surface area contributed by atoms with Crippen molar-refractivity contribution in [1.29, 1.82) is 0 Å². The Morgan fingerprint density at radius 1 is 1.67 bits per heavy atom. The van der Waals surface area contributed by atoms with Crippen molar-refractivity contribution in [2.24, 2.45) is 11.7 Å². The first-order valence-electron chi connectivity index (χ1n) is 1.36. The van der Waals surface area contributed by atoms with Gasteiger partial charge in [0.25, 0.3) is 0 Å². The van der Waals surface area contributed by atoms with E-state index in [9.17, 15) is 0 Å². The van der Waals surface area contributed by atoms with Crippen LogP contribution in [0, 0.1) is 0 Å². The van der Waals surface area contributed by atoms with Crippen LogP contribution in [0.15, 0.2) is 0 Å². The van der Waals surface area contributed by atoms with Gasteiger partial charge in [0.15, 0.2) is 0 Å². The summed E-state index contributed by atoms with van der Waals surface area (Å²) >= 11 is 0. The molecule has 0 atom stereocenters. The Bertz CT molecular complexity index is 22.8. The van der Waals surface area contributed by atoms with Crippen LogP contribution in [-0.4, -0.2) is 13.5 Å². The molecule has 38 valence electrons. The van der Waals surface area contributed by atoms with E-state index in [1.165, 1.54) is 0 Å². The Balaban J connectivity index is 0. The minimum absolute atomic E-state index is 0.625. The minimum Gasteiger partial charge on any atom is -0.362 e. The monoisotopic (exact) mass is 91.1 g/mol. The molecule has 0 aliphatic heterocycles. The summed E-state index contributed by atoms with van der Waals surface area (Å²) in [5.74, 6) is 8.00. The molecular weight excluding hydrogens is 82.0 g/mol. The highest BCUT2D eigenvalue weighted by Gasteiger charge is 1.43. The normalized spacial score (nSPS) is 4.50. The lowest BCUT2D eigenvalue weighted by molar-refractivity contribution is -0.109. The Morgan fingerprint density at radius 3 is 1.83 bits per heavy atom. The van der Waals surface area contributed by atoms with Gasteiger partial charge < -0.3 is 5.32 Å². The fourth-order valence-electron chi connectivity index (χ4n) is 0. The van der Waals surface area contributed by atoms with Crippen molar-refractivity contribution < 1.29 is 4.79 Å². The Labute approximate surface area is 36.5 Å². The molecule has 4 nitrogen and oxygen atoms in total. The van der Waals surface area contributed by atoms with Crippen molar-refractivity contribution in [3.05, 3.63) is 0 Å². The molecule has 0 saturated carbocycles. The summed E-state index contributed by atoms with van der Waals surface area (Å²) in [4.78, 5) is 9.06. The number of hydrogen-bond acceptors (Lipinski definition) is 3. The van der Waals surface area contributed by atoms with Gasteiger partial charge in [0.05, 0.1) is 0 Å². The molecule has 0 aliphatic carbocycles. The van der Waals surface area contributed by atoms with Crippen molar-refractivity contribution >= 4 is 6.41 Å². The Hall–Kier alpha value is -0.610. The molecule has 6 heavy (non-hydrogen) atoms. The number of nitrogens with two attached hydrogens (primary N) is 2. The third-order valence-corrected chi connectivity index (χ3v) is 0.118. The number of hydrogen-bond donors (Lipinski definition) is 3. The molecule has 0 saturated heterocycles. The second kappa shape index (κ2) is 26.1. The first-order chi connectivity index (χ1) is 2.91. The molecule has 0 rings (SSSR count). The first-order valence-corrected chi connectivity index (χ1v) is 1.36. The lowest BCUT2D eigenvalue weighted by atomic mass is 11.2. The van der Waals surface area contributed by atoms with Crippen molar-refractivity contribution in [1.82, 2.24) is 5.32 Å². The summed E-state index contributed by atoms with van der Waals surface area (Å²) in [7, 11) is 1.56. The number of hydrazine groups is 1. The highest BCUT2D eigenvalue weighted by molar-refractivity contribution is 5.44. The summed E-state index contributed by atoms with van der Waals surface area (Å²) in [5, 5.41) is 2.25. The number of rotatable bonds is 1. The Morgan fingerprint density at radius 2 is 1.83 bits per heavy atom. The topological polar surface area (TPSA) is 81.1 Å². The van der Waals surface area contributed by atoms with E-state index < -0.39 is 0 Å². The maximum Gasteiger partial charge on any atom is 0.206 e. The number of nitrogens with one attached hydrogen (secondary N) is 1. The van der Waals surface area contributed by atoms with Gasteiger partial charge in [-0.1, -0.05) is 0 Å². The summed E-state index contributed by atoms with van der Waals surface area (Å²) < 4.78 is 0. The first kappa shape index (κ1) is 9.04. The fourth-order valence-corrected chi connectivity index (χ4v) is 0. The zero-order valence-electron chi connectivity index (χ0n) is 3.64. The van der Waals surface area contributed by atoms with Gasteiger partial charge in [0.2, 0.25) is 6.41 Å². The third-order valence-electron chi connectivity index (χ3n) is 0.118. The third kappa shape index (κ3) is 127. The highest BCUT2D eigenvalue weighted by atomic mass is 16.1. The van der Waals surface area contributed by atoms with Gasteiger partial charge in [-0.25, -0.2) is 0 Å². The van der Waals surface area contributed by atoms with Crippen LogP contribution in [0.3, 0.4) is 0 Å². The van der Waals surface area contributed by atoms with Crippen LogP contribution < -0.4 is 17.0 Å². The lowest BCUT2D eigenvalue weighted by Crippen LogP contribution is -2.02. The van der Waals surface area contributed by atoms with Crippen molar-refractivity contribution in [2.75, 3.05) is 7.05 Å². The average Bonchev–Trinajstić information content (AvgIpc) is 1.72. The SMILES string of the molecule is CNC=O.NN. The molecule has 0 radical (unpaired) electrons. The zero-order valence-corrected chi connectivity index (χ0v) is 3.64. The van der Waals surface area contributed by atoms with Crippen molar-refractivity contribution in [3.8, 4) is 0 Å². The molecule has 0 heterocycles. The summed E-state index contributed by atoms with van der Waals surface area (Å²) in [6.45, 7) is 0. The maximum atomic E-state index is 9.06. The lowest BCUT2D eigenvalue weighted by Gasteiger charge is -1.64. The van der Waals surface area contributed by atoms with Gasteiger partial charge in [-0.15, -0.1) is 0 Å². The van der Waals surface area contributed by atoms with Crippen LogP contribution in [0.5, 0.6) is 0 Å². The predicted octanol–water partition coefficient (Wildman–Crippen LogP) is -1.82. The van der Waals surface area contributed by atoms with Crippen LogP contribution in [0.25, 0.3) is 0 Å². The van der Waals surface area contributed by atoms with E-state index in [1.54, 1.807) is 7.05 Å². The van der Waals surface area contributed by atoms with Gasteiger partial charge in [-0.05, 0) is 0 Å². The maximum absolute atomic E-state index is 9.06. The van der Waals surface area contributed by atoms with E-state index in [0.29, 0.717) is 6.41 Å². The smallest absolute Gasteiger partial charge is 0.206 e. The van der Waals surface area contributed by atoms with Gasteiger partial charge in [0.1, 0.15) is 0 Å². The van der Waals surface area contributed by atoms with E-state index in [4.69, 9.17) is 4.79 Å². The van der Waals surface area contributed by atoms with Crippen LogP contribution in [0.4, 0.5) is 0 Å². The second-order valence-corrected chi connectivity index (χ2v) is 0.407. The largest absolute Gasteiger partial charge is 0.362 e. The van der Waals surface area contributed by atoms with Crippen LogP contribution in [0.2, 0.25) is 0 Å². The van der Waals surface area contributed by atoms with E-state index in [-0.39, 0.29) is 0 Å². The van der Waals surface area contributed by atoms with Crippen LogP contribution in [0.1, 0.15) is 0 Å². The minimum atomic E-state index is 0.625. The molecule has 1 amide bonds. The van der Waals surface area contributed by atoms with E-state index in [2.05, 4.69) is 17.0 Å². The van der Waals surface area contributed by atoms with E-state index in [0.717, 1.165) is 0 Å². The fraction of sp³-hybridized carbons (Fsp3) is 0.500. The molecule has 4 heteroatoms. The van der Waals surface area contributed by atoms with Gasteiger partial charge in [0, 0.05) is 7.05 Å². The van der Waals surface area contributed by atoms with Gasteiger partial charge in [-0.2, -0.15) is 0 Å². The zero-order chi connectivity index (χ0) is 5.41. The van der Waals surface area contributed by atoms with Crippen molar-refractivity contribution in [2.45, 2.75) is 0 Å². The number of carbonyl (C=O) groups is 1. The van der Waals surface area contributed by atoms with Crippen molar-refractivity contribution in [3.63, 3.8) is 0 Å². The molecule has 0 aromatic carbocycles. The van der Waals surface area contributed by atoms with Crippen LogP contribution in [-0.2, 0) is 4.79 Å². The van der Waals surface area contributed by atoms with Crippen LogP contribution >= 0.6 is 0 Å². The number of amides is 1. The standard InChI is InChI=1S/C2H5NO.H4N2/c1-3-2-4;1-2/h2H,1H3,(H,3,4);1-2H2. The Kier molecular flexibility index (Phi) is 39.3. The van der Waals surface area contributed by atoms with E-state index in [1.807, 2.05) is 0 Å². The molecule has 0 bridgehead atoms. The van der Waals surface area contributed by atoms with Gasteiger partial charge in [-0.3, -0.25) is 16.5 Å². The average molecular weight is 91.1 g/mol. The molecule has 0 unspecified atom stereocenters. The highest BCUT2D eigenvalue weighted by Crippen LogP contribution is 1.09. The molecule has 5 N–H and O–H groups in total. The van der Waals surface area contributed by atoms with Gasteiger partial charge >= 0.3 is 0 Å². The molecule has 0 aromatic rings. The predicted molar refractivity (Wildman–Crippen MR) is 23.5 cm³/mol. The quantitative estimate of drug-likeness (QED) is 0.202. The molecular formula is C2H9N3O.